The van der Waals surface area contributed by atoms with Crippen molar-refractivity contribution >= 4 is 17.5 Å². The fourth-order valence-electron chi connectivity index (χ4n) is 3.93. The van der Waals surface area contributed by atoms with E-state index in [2.05, 4.69) is 31.9 Å². The van der Waals surface area contributed by atoms with E-state index < -0.39 is 0 Å². The van der Waals surface area contributed by atoms with Crippen LogP contribution < -0.4 is 4.74 Å². The highest BCUT2D eigenvalue weighted by Gasteiger charge is 2.27. The van der Waals surface area contributed by atoms with Crippen LogP contribution in [-0.4, -0.2) is 48.5 Å². The third-order valence-corrected chi connectivity index (χ3v) is 6.21. The zero-order valence-electron chi connectivity index (χ0n) is 19.2. The highest BCUT2D eigenvalue weighted by atomic mass is 35.5. The van der Waals surface area contributed by atoms with Gasteiger partial charge in [0.15, 0.2) is 0 Å². The second-order valence-electron chi connectivity index (χ2n) is 9.18. The first-order chi connectivity index (χ1) is 14.8. The fraction of sp³-hybridized carbons (Fsp3) is 0.500. The maximum Gasteiger partial charge on any atom is 0.227 e. The molecule has 0 N–H and O–H groups in total. The zero-order valence-corrected chi connectivity index (χ0v) is 20.0. The number of carbonyl (C=O) groups excluding carboxylic acids is 1. The van der Waals surface area contributed by atoms with E-state index in [1.807, 2.05) is 48.2 Å². The number of piperidine rings is 1. The van der Waals surface area contributed by atoms with Crippen LogP contribution in [0, 0.1) is 12.8 Å². The van der Waals surface area contributed by atoms with E-state index in [0.29, 0.717) is 25.5 Å². The quantitative estimate of drug-likeness (QED) is 0.552. The second kappa shape index (κ2) is 11.0. The molecule has 1 saturated heterocycles. The van der Waals surface area contributed by atoms with Crippen molar-refractivity contribution in [3.05, 3.63) is 64.2 Å². The molecule has 0 atom stereocenters. The first-order valence-electron chi connectivity index (χ1n) is 11.3. The van der Waals surface area contributed by atoms with E-state index >= 15 is 0 Å². The molecule has 5 heteroatoms. The Morgan fingerprint density at radius 2 is 1.84 bits per heavy atom. The van der Waals surface area contributed by atoms with Crippen LogP contribution in [0.15, 0.2) is 42.5 Å². The smallest absolute Gasteiger partial charge is 0.227 e. The van der Waals surface area contributed by atoms with Gasteiger partial charge in [0.05, 0.1) is 13.0 Å². The Balaban J connectivity index is 1.72. The van der Waals surface area contributed by atoms with Gasteiger partial charge in [0.25, 0.3) is 0 Å². The van der Waals surface area contributed by atoms with Crippen LogP contribution in [0.2, 0.25) is 5.02 Å². The molecule has 1 amide bonds. The third kappa shape index (κ3) is 6.98. The second-order valence-corrected chi connectivity index (χ2v) is 9.58. The van der Waals surface area contributed by atoms with Crippen molar-refractivity contribution in [2.45, 2.75) is 52.6 Å². The molecule has 0 bridgehead atoms. The van der Waals surface area contributed by atoms with Gasteiger partial charge in [0, 0.05) is 17.6 Å². The van der Waals surface area contributed by atoms with Crippen LogP contribution in [0.4, 0.5) is 0 Å². The number of carbonyl (C=O) groups is 1. The van der Waals surface area contributed by atoms with Gasteiger partial charge in [-0.25, -0.2) is 0 Å². The molecule has 1 aliphatic rings. The first-order valence-corrected chi connectivity index (χ1v) is 11.6. The molecule has 0 radical (unpaired) electrons. The summed E-state index contributed by atoms with van der Waals surface area (Å²) in [6.45, 7) is 9.57. The summed E-state index contributed by atoms with van der Waals surface area (Å²) in [7, 11) is 2.14. The van der Waals surface area contributed by atoms with Crippen molar-refractivity contribution in [3.8, 4) is 5.75 Å². The largest absolute Gasteiger partial charge is 0.493 e. The van der Waals surface area contributed by atoms with Gasteiger partial charge < -0.3 is 14.5 Å². The number of halogens is 1. The number of likely N-dealkylation sites (tertiary alicyclic amines) is 1. The van der Waals surface area contributed by atoms with Crippen LogP contribution in [0.5, 0.6) is 5.75 Å². The highest BCUT2D eigenvalue weighted by Crippen LogP contribution is 2.25. The summed E-state index contributed by atoms with van der Waals surface area (Å²) in [5.74, 6) is 1.49. The molecular weight excluding hydrogens is 408 g/mol. The normalized spacial score (nSPS) is 15.3. The predicted octanol–water partition coefficient (Wildman–Crippen LogP) is 5.35. The highest BCUT2D eigenvalue weighted by molar-refractivity contribution is 6.31. The number of benzene rings is 2. The summed E-state index contributed by atoms with van der Waals surface area (Å²) in [4.78, 5) is 17.8. The maximum atomic E-state index is 13.4. The molecule has 2 aromatic rings. The third-order valence-electron chi connectivity index (χ3n) is 5.86. The Labute approximate surface area is 192 Å². The minimum atomic E-state index is 0.155. The molecule has 31 heavy (non-hydrogen) atoms. The Morgan fingerprint density at radius 3 is 2.45 bits per heavy atom. The number of ether oxygens (including phenoxy) is 1. The van der Waals surface area contributed by atoms with Crippen molar-refractivity contribution in [3.63, 3.8) is 0 Å². The molecule has 0 aromatic heterocycles. The summed E-state index contributed by atoms with van der Waals surface area (Å²) in [6.07, 6.45) is 2.38. The predicted molar refractivity (Wildman–Crippen MR) is 128 cm³/mol. The summed E-state index contributed by atoms with van der Waals surface area (Å²) in [6, 6.07) is 14.3. The minimum Gasteiger partial charge on any atom is -0.493 e. The Kier molecular flexibility index (Phi) is 8.39. The molecule has 1 heterocycles. The molecule has 0 aliphatic carbocycles. The van der Waals surface area contributed by atoms with E-state index in [4.69, 9.17) is 16.3 Å². The van der Waals surface area contributed by atoms with E-state index in [9.17, 15) is 4.79 Å². The van der Waals surface area contributed by atoms with Gasteiger partial charge in [-0.2, -0.15) is 0 Å². The van der Waals surface area contributed by atoms with Crippen LogP contribution in [0.25, 0.3) is 0 Å². The monoisotopic (exact) mass is 442 g/mol. The van der Waals surface area contributed by atoms with Crippen molar-refractivity contribution in [1.82, 2.24) is 9.80 Å². The number of nitrogens with zero attached hydrogens (tertiary/aromatic N) is 2. The molecule has 1 fully saturated rings. The lowest BCUT2D eigenvalue weighted by atomic mass is 10.0. The minimum absolute atomic E-state index is 0.155. The van der Waals surface area contributed by atoms with Crippen molar-refractivity contribution in [2.24, 2.45) is 5.92 Å². The van der Waals surface area contributed by atoms with Gasteiger partial charge in [0.2, 0.25) is 5.91 Å². The topological polar surface area (TPSA) is 32.8 Å². The van der Waals surface area contributed by atoms with Gasteiger partial charge in [-0.1, -0.05) is 49.7 Å². The van der Waals surface area contributed by atoms with Gasteiger partial charge in [-0.15, -0.1) is 0 Å². The van der Waals surface area contributed by atoms with E-state index in [0.717, 1.165) is 53.4 Å². The standard InChI is InChI=1S/C26H35ClN2O2/c1-19(2)18-31-24-9-6-21(7-10-24)16-26(30)29(23-11-13-28(4)14-12-23)17-22-8-5-20(3)15-25(22)27/h5-10,15,19,23H,11-14,16-18H2,1-4H3. The molecule has 168 valence electrons. The average Bonchev–Trinajstić information content (AvgIpc) is 2.73. The SMILES string of the molecule is Cc1ccc(CN(C(=O)Cc2ccc(OCC(C)C)cc2)C2CCN(C)CC2)c(Cl)c1. The van der Waals surface area contributed by atoms with E-state index in [-0.39, 0.29) is 11.9 Å². The summed E-state index contributed by atoms with van der Waals surface area (Å²) in [5, 5.41) is 0.734. The van der Waals surface area contributed by atoms with E-state index in [1.165, 1.54) is 0 Å². The number of rotatable bonds is 8. The Hall–Kier alpha value is -2.04. The maximum absolute atomic E-state index is 13.4. The van der Waals surface area contributed by atoms with Crippen molar-refractivity contribution in [2.75, 3.05) is 26.7 Å². The van der Waals surface area contributed by atoms with Gasteiger partial charge >= 0.3 is 0 Å². The molecule has 4 nitrogen and oxygen atoms in total. The molecule has 3 rings (SSSR count). The zero-order chi connectivity index (χ0) is 22.4. The molecule has 2 aromatic carbocycles. The molecular formula is C26H35ClN2O2. The van der Waals surface area contributed by atoms with Crippen LogP contribution in [0.1, 0.15) is 43.4 Å². The fourth-order valence-corrected chi connectivity index (χ4v) is 4.23. The lowest BCUT2D eigenvalue weighted by Gasteiger charge is -2.37. The van der Waals surface area contributed by atoms with Crippen LogP contribution in [0.3, 0.4) is 0 Å². The molecule has 0 spiro atoms. The van der Waals surface area contributed by atoms with Crippen LogP contribution >= 0.6 is 11.6 Å². The molecule has 0 saturated carbocycles. The number of amides is 1. The van der Waals surface area contributed by atoms with Gasteiger partial charge in [-0.3, -0.25) is 4.79 Å². The Morgan fingerprint density at radius 1 is 1.16 bits per heavy atom. The summed E-state index contributed by atoms with van der Waals surface area (Å²) >= 11 is 6.51. The number of aryl methyl sites for hydroxylation is 1. The number of hydrogen-bond acceptors (Lipinski definition) is 3. The average molecular weight is 443 g/mol. The van der Waals surface area contributed by atoms with Gasteiger partial charge in [-0.05, 0) is 80.7 Å². The first kappa shape index (κ1) is 23.6. The lowest BCUT2D eigenvalue weighted by molar-refractivity contribution is -0.134. The summed E-state index contributed by atoms with van der Waals surface area (Å²) < 4.78 is 5.77. The number of hydrogen-bond donors (Lipinski definition) is 0. The van der Waals surface area contributed by atoms with Crippen LogP contribution in [-0.2, 0) is 17.8 Å². The molecule has 1 aliphatic heterocycles. The lowest BCUT2D eigenvalue weighted by Crippen LogP contribution is -2.46. The Bertz CT molecular complexity index is 858. The van der Waals surface area contributed by atoms with Gasteiger partial charge in [0.1, 0.15) is 5.75 Å². The summed E-state index contributed by atoms with van der Waals surface area (Å²) in [5.41, 5.74) is 3.15. The van der Waals surface area contributed by atoms with Crippen molar-refractivity contribution < 1.29 is 9.53 Å². The van der Waals surface area contributed by atoms with Crippen molar-refractivity contribution in [1.29, 1.82) is 0 Å². The molecule has 0 unspecified atom stereocenters. The van der Waals surface area contributed by atoms with E-state index in [1.54, 1.807) is 0 Å².